The number of aromatic nitrogens is 4. The summed E-state index contributed by atoms with van der Waals surface area (Å²) in [7, 11) is 0. The lowest BCUT2D eigenvalue weighted by molar-refractivity contribution is 0.0735. The zero-order valence-electron chi connectivity index (χ0n) is 15.0. The predicted molar refractivity (Wildman–Crippen MR) is 106 cm³/mol. The molecule has 1 amide bonds. The van der Waals surface area contributed by atoms with Crippen molar-refractivity contribution in [3.8, 4) is 0 Å². The molecule has 1 fully saturated rings. The third kappa shape index (κ3) is 2.70. The van der Waals surface area contributed by atoms with Gasteiger partial charge in [-0.2, -0.15) is 0 Å². The van der Waals surface area contributed by atoms with Gasteiger partial charge in [-0.15, -0.1) is 16.4 Å². The number of carbonyl (C=O) groups is 1. The van der Waals surface area contributed by atoms with Gasteiger partial charge in [-0.05, 0) is 50.1 Å². The molecular weight excluding hydrogens is 358 g/mol. The molecule has 136 valence electrons. The average molecular weight is 377 g/mol. The maximum absolute atomic E-state index is 13.2. The number of aryl methyl sites for hydroxylation is 1. The first-order valence-electron chi connectivity index (χ1n) is 9.24. The summed E-state index contributed by atoms with van der Waals surface area (Å²) in [4.78, 5) is 20.0. The van der Waals surface area contributed by atoms with E-state index in [1.165, 1.54) is 4.70 Å². The minimum Gasteiger partial charge on any atom is -0.329 e. The first kappa shape index (κ1) is 16.4. The van der Waals surface area contributed by atoms with Crippen molar-refractivity contribution in [2.75, 3.05) is 6.54 Å². The van der Waals surface area contributed by atoms with Gasteiger partial charge in [0.25, 0.3) is 5.91 Å². The van der Waals surface area contributed by atoms with Crippen LogP contribution in [0.1, 0.15) is 41.2 Å². The number of amides is 1. The van der Waals surface area contributed by atoms with E-state index in [0.717, 1.165) is 47.5 Å². The number of para-hydroxylation sites is 1. The van der Waals surface area contributed by atoms with Crippen LogP contribution in [0.3, 0.4) is 0 Å². The summed E-state index contributed by atoms with van der Waals surface area (Å²) in [6.07, 6.45) is 1.96. The fraction of sp³-hybridized carbons (Fsp3) is 0.300. The minimum atomic E-state index is 0.0460. The van der Waals surface area contributed by atoms with Crippen LogP contribution in [0, 0.1) is 0 Å². The molecule has 1 atom stereocenters. The monoisotopic (exact) mass is 377 g/mol. The van der Waals surface area contributed by atoms with Gasteiger partial charge in [0, 0.05) is 18.7 Å². The highest BCUT2D eigenvalue weighted by Crippen LogP contribution is 2.37. The molecule has 27 heavy (non-hydrogen) atoms. The maximum atomic E-state index is 13.2. The summed E-state index contributed by atoms with van der Waals surface area (Å²) >= 11 is 1.69. The lowest BCUT2D eigenvalue weighted by Gasteiger charge is -2.23. The Hall–Kier alpha value is -2.80. The molecule has 2 aromatic heterocycles. The number of thiazole rings is 1. The van der Waals surface area contributed by atoms with Gasteiger partial charge in [0.2, 0.25) is 0 Å². The second kappa shape index (κ2) is 6.42. The van der Waals surface area contributed by atoms with Crippen molar-refractivity contribution in [2.24, 2.45) is 0 Å². The molecule has 0 spiro atoms. The van der Waals surface area contributed by atoms with Gasteiger partial charge in [0.05, 0.1) is 21.8 Å². The van der Waals surface area contributed by atoms with Crippen LogP contribution in [0.25, 0.3) is 21.3 Å². The topological polar surface area (TPSA) is 63.9 Å². The van der Waals surface area contributed by atoms with Crippen LogP contribution >= 0.6 is 11.3 Å². The Kier molecular flexibility index (Phi) is 3.89. The third-order valence-electron chi connectivity index (χ3n) is 5.17. The maximum Gasteiger partial charge on any atom is 0.254 e. The van der Waals surface area contributed by atoms with E-state index in [4.69, 9.17) is 4.98 Å². The molecule has 6 nitrogen and oxygen atoms in total. The molecule has 0 saturated carbocycles. The van der Waals surface area contributed by atoms with Crippen molar-refractivity contribution in [3.05, 3.63) is 53.0 Å². The normalized spacial score (nSPS) is 17.2. The molecule has 0 radical (unpaired) electrons. The molecule has 0 N–H and O–H groups in total. The number of hydrogen-bond acceptors (Lipinski definition) is 5. The highest BCUT2D eigenvalue weighted by Gasteiger charge is 2.33. The van der Waals surface area contributed by atoms with Gasteiger partial charge in [-0.3, -0.25) is 4.79 Å². The molecule has 1 aliphatic rings. The summed E-state index contributed by atoms with van der Waals surface area (Å²) in [6, 6.07) is 13.9. The van der Waals surface area contributed by atoms with Crippen LogP contribution in [0.15, 0.2) is 42.5 Å². The molecule has 5 rings (SSSR count). The summed E-state index contributed by atoms with van der Waals surface area (Å²) in [6.45, 7) is 3.55. The molecule has 1 unspecified atom stereocenters. The van der Waals surface area contributed by atoms with E-state index in [1.54, 1.807) is 11.3 Å². The standard InChI is InChI=1S/C20H19N5OS/c1-2-25-16-10-9-13(12-15(16)22-23-25)20(26)24-11-5-7-17(24)19-21-14-6-3-4-8-18(14)27-19/h3-4,6,8-10,12,17H,2,5,7,11H2,1H3. The Bertz CT molecular complexity index is 1110. The molecule has 0 bridgehead atoms. The number of carbonyl (C=O) groups excluding carboxylic acids is 1. The molecule has 1 saturated heterocycles. The molecule has 1 aliphatic heterocycles. The van der Waals surface area contributed by atoms with E-state index in [-0.39, 0.29) is 11.9 Å². The third-order valence-corrected chi connectivity index (χ3v) is 6.31. The Labute approximate surface area is 160 Å². The molecule has 3 heterocycles. The fourth-order valence-electron chi connectivity index (χ4n) is 3.80. The Morgan fingerprint density at radius 2 is 2.11 bits per heavy atom. The van der Waals surface area contributed by atoms with Crippen LogP contribution in [-0.2, 0) is 6.54 Å². The predicted octanol–water partition coefficient (Wildman–Crippen LogP) is 4.04. The molecule has 4 aromatic rings. The van der Waals surface area contributed by atoms with Crippen molar-refractivity contribution in [1.82, 2.24) is 24.9 Å². The van der Waals surface area contributed by atoms with E-state index in [9.17, 15) is 4.79 Å². The summed E-state index contributed by atoms with van der Waals surface area (Å²) in [5.41, 5.74) is 3.39. The Morgan fingerprint density at radius 1 is 1.22 bits per heavy atom. The van der Waals surface area contributed by atoms with Gasteiger partial charge in [0.15, 0.2) is 0 Å². The lowest BCUT2D eigenvalue weighted by atomic mass is 10.1. The number of benzene rings is 2. The quantitative estimate of drug-likeness (QED) is 0.541. The van der Waals surface area contributed by atoms with Gasteiger partial charge in [0.1, 0.15) is 10.5 Å². The summed E-state index contributed by atoms with van der Waals surface area (Å²) in [5, 5.41) is 9.36. The molecule has 7 heteroatoms. The highest BCUT2D eigenvalue weighted by atomic mass is 32.1. The van der Waals surface area contributed by atoms with Gasteiger partial charge >= 0.3 is 0 Å². The summed E-state index contributed by atoms with van der Waals surface area (Å²) < 4.78 is 3.01. The first-order valence-corrected chi connectivity index (χ1v) is 10.1. The van der Waals surface area contributed by atoms with Crippen molar-refractivity contribution in [3.63, 3.8) is 0 Å². The number of fused-ring (bicyclic) bond motifs is 2. The number of nitrogens with zero attached hydrogens (tertiary/aromatic N) is 5. The molecule has 0 aliphatic carbocycles. The van der Waals surface area contributed by atoms with Crippen LogP contribution in [0.5, 0.6) is 0 Å². The number of likely N-dealkylation sites (tertiary alicyclic amines) is 1. The SMILES string of the molecule is CCn1nnc2cc(C(=O)N3CCCC3c3nc4ccccc4s3)ccc21. The summed E-state index contributed by atoms with van der Waals surface area (Å²) in [5.74, 6) is 0.0460. The molecule has 2 aromatic carbocycles. The molecular formula is C20H19N5OS. The zero-order valence-corrected chi connectivity index (χ0v) is 15.8. The number of hydrogen-bond donors (Lipinski definition) is 0. The Morgan fingerprint density at radius 3 is 2.96 bits per heavy atom. The van der Waals surface area contributed by atoms with Crippen molar-refractivity contribution in [1.29, 1.82) is 0 Å². The minimum absolute atomic E-state index is 0.0460. The van der Waals surface area contributed by atoms with E-state index < -0.39 is 0 Å². The number of rotatable bonds is 3. The van der Waals surface area contributed by atoms with Crippen molar-refractivity contribution < 1.29 is 4.79 Å². The smallest absolute Gasteiger partial charge is 0.254 e. The van der Waals surface area contributed by atoms with E-state index in [0.29, 0.717) is 5.56 Å². The van der Waals surface area contributed by atoms with Crippen LogP contribution in [0.4, 0.5) is 0 Å². The average Bonchev–Trinajstić information content (AvgIpc) is 3.43. The second-order valence-electron chi connectivity index (χ2n) is 6.79. The zero-order chi connectivity index (χ0) is 18.4. The largest absolute Gasteiger partial charge is 0.329 e. The van der Waals surface area contributed by atoms with E-state index >= 15 is 0 Å². The van der Waals surface area contributed by atoms with Crippen LogP contribution in [-0.4, -0.2) is 37.3 Å². The highest BCUT2D eigenvalue weighted by molar-refractivity contribution is 7.18. The van der Waals surface area contributed by atoms with Crippen LogP contribution in [0.2, 0.25) is 0 Å². The van der Waals surface area contributed by atoms with E-state index in [1.807, 2.05) is 52.9 Å². The van der Waals surface area contributed by atoms with Gasteiger partial charge < -0.3 is 4.90 Å². The first-order chi connectivity index (χ1) is 13.2. The second-order valence-corrected chi connectivity index (χ2v) is 7.85. The lowest BCUT2D eigenvalue weighted by Crippen LogP contribution is -2.30. The van der Waals surface area contributed by atoms with Crippen LogP contribution < -0.4 is 0 Å². The van der Waals surface area contributed by atoms with Gasteiger partial charge in [-0.1, -0.05) is 17.3 Å². The van der Waals surface area contributed by atoms with Crippen molar-refractivity contribution >= 4 is 38.5 Å². The fourth-order valence-corrected chi connectivity index (χ4v) is 4.92. The van der Waals surface area contributed by atoms with E-state index in [2.05, 4.69) is 16.4 Å². The Balaban J connectivity index is 1.48. The van der Waals surface area contributed by atoms with Gasteiger partial charge in [-0.25, -0.2) is 9.67 Å². The van der Waals surface area contributed by atoms with Crippen molar-refractivity contribution in [2.45, 2.75) is 32.4 Å².